The summed E-state index contributed by atoms with van der Waals surface area (Å²) in [6.07, 6.45) is 8.09. The van der Waals surface area contributed by atoms with Crippen LogP contribution in [-0.4, -0.2) is 12.4 Å². The molecule has 1 saturated carbocycles. The zero-order valence-electron chi connectivity index (χ0n) is 7.92. The Bertz CT molecular complexity index is 230. The number of carbonyl (C=O) groups is 1. The molecule has 0 N–H and O–H groups in total. The van der Waals surface area contributed by atoms with Crippen molar-refractivity contribution in [1.82, 2.24) is 0 Å². The lowest BCUT2D eigenvalue weighted by atomic mass is 9.81. The number of Topliss-reactive ketones (excluding diaryl/α,β-unsaturated/α-hetero) is 1. The molecule has 0 bridgehead atoms. The van der Waals surface area contributed by atoms with E-state index < -0.39 is 0 Å². The van der Waals surface area contributed by atoms with Gasteiger partial charge in [-0.1, -0.05) is 6.42 Å². The molecule has 0 amide bonds. The van der Waals surface area contributed by atoms with Crippen LogP contribution >= 0.6 is 0 Å². The van der Waals surface area contributed by atoms with Crippen LogP contribution in [0, 0.1) is 5.92 Å². The molecule has 1 heterocycles. The average Bonchev–Trinajstić information content (AvgIpc) is 2.20. The highest BCUT2D eigenvalue weighted by Crippen LogP contribution is 2.30. The molecule has 0 aromatic rings. The van der Waals surface area contributed by atoms with E-state index in [1.165, 1.54) is 12.0 Å². The van der Waals surface area contributed by atoms with Gasteiger partial charge in [-0.05, 0) is 31.3 Å². The minimum Gasteiger partial charge on any atom is -0.501 e. The van der Waals surface area contributed by atoms with Crippen LogP contribution in [-0.2, 0) is 9.53 Å². The Labute approximate surface area is 79.0 Å². The van der Waals surface area contributed by atoms with Crippen molar-refractivity contribution in [3.63, 3.8) is 0 Å². The van der Waals surface area contributed by atoms with Crippen molar-refractivity contribution in [2.24, 2.45) is 5.92 Å². The van der Waals surface area contributed by atoms with Gasteiger partial charge < -0.3 is 4.74 Å². The number of rotatable bonds is 1. The summed E-state index contributed by atoms with van der Waals surface area (Å²) in [4.78, 5) is 11.6. The summed E-state index contributed by atoms with van der Waals surface area (Å²) in [6, 6.07) is 0. The van der Waals surface area contributed by atoms with E-state index in [-0.39, 0.29) is 5.92 Å². The molecule has 0 radical (unpaired) electrons. The Hall–Kier alpha value is -0.790. The van der Waals surface area contributed by atoms with Crippen molar-refractivity contribution in [2.75, 3.05) is 6.61 Å². The first-order valence-electron chi connectivity index (χ1n) is 5.21. The normalized spacial score (nSPS) is 29.4. The molecular weight excluding hydrogens is 164 g/mol. The molecule has 0 aromatic carbocycles. The lowest BCUT2D eigenvalue weighted by molar-refractivity contribution is -0.123. The van der Waals surface area contributed by atoms with E-state index in [1.54, 1.807) is 0 Å². The van der Waals surface area contributed by atoms with Crippen molar-refractivity contribution >= 4 is 5.78 Å². The zero-order valence-corrected chi connectivity index (χ0v) is 7.92. The van der Waals surface area contributed by atoms with Gasteiger partial charge in [-0.25, -0.2) is 0 Å². The summed E-state index contributed by atoms with van der Waals surface area (Å²) >= 11 is 0. The van der Waals surface area contributed by atoms with Crippen LogP contribution in [0.5, 0.6) is 0 Å². The lowest BCUT2D eigenvalue weighted by Gasteiger charge is -2.25. The molecule has 1 fully saturated rings. The maximum absolute atomic E-state index is 11.6. The minimum absolute atomic E-state index is 0.203. The van der Waals surface area contributed by atoms with Gasteiger partial charge in [-0.15, -0.1) is 0 Å². The quantitative estimate of drug-likeness (QED) is 0.619. The standard InChI is InChI=1S/C11H16O2/c12-11-6-2-1-5-10(11)9-4-3-7-13-8-9/h8,10H,1-7H2. The molecule has 2 nitrogen and oxygen atoms in total. The maximum Gasteiger partial charge on any atom is 0.140 e. The van der Waals surface area contributed by atoms with Gasteiger partial charge in [0.05, 0.1) is 12.9 Å². The van der Waals surface area contributed by atoms with Crippen LogP contribution in [0.2, 0.25) is 0 Å². The summed E-state index contributed by atoms with van der Waals surface area (Å²) in [5.41, 5.74) is 1.25. The average molecular weight is 180 g/mol. The predicted molar refractivity (Wildman–Crippen MR) is 50.2 cm³/mol. The van der Waals surface area contributed by atoms with E-state index in [0.29, 0.717) is 5.78 Å². The molecule has 0 spiro atoms. The SMILES string of the molecule is O=C1CCCCC1C1=COCCC1. The summed E-state index contributed by atoms with van der Waals surface area (Å²) < 4.78 is 5.27. The number of hydrogen-bond acceptors (Lipinski definition) is 2. The van der Waals surface area contributed by atoms with Crippen molar-refractivity contribution in [3.05, 3.63) is 11.8 Å². The highest BCUT2D eigenvalue weighted by molar-refractivity contribution is 5.84. The van der Waals surface area contributed by atoms with Gasteiger partial charge in [-0.3, -0.25) is 4.79 Å². The molecule has 1 atom stereocenters. The van der Waals surface area contributed by atoms with Gasteiger partial charge in [-0.2, -0.15) is 0 Å². The second kappa shape index (κ2) is 3.95. The minimum atomic E-state index is 0.203. The van der Waals surface area contributed by atoms with E-state index >= 15 is 0 Å². The summed E-state index contributed by atoms with van der Waals surface area (Å²) in [5, 5.41) is 0. The van der Waals surface area contributed by atoms with E-state index in [9.17, 15) is 4.79 Å². The van der Waals surface area contributed by atoms with Crippen molar-refractivity contribution in [1.29, 1.82) is 0 Å². The molecule has 2 aliphatic rings. The van der Waals surface area contributed by atoms with Crippen molar-refractivity contribution in [2.45, 2.75) is 38.5 Å². The molecule has 1 aliphatic carbocycles. The summed E-state index contributed by atoms with van der Waals surface area (Å²) in [7, 11) is 0. The number of ketones is 1. The van der Waals surface area contributed by atoms with Gasteiger partial charge in [0.2, 0.25) is 0 Å². The third kappa shape index (κ3) is 1.93. The monoisotopic (exact) mass is 180 g/mol. The molecule has 1 unspecified atom stereocenters. The van der Waals surface area contributed by atoms with Crippen LogP contribution in [0.3, 0.4) is 0 Å². The number of allylic oxidation sites excluding steroid dienone is 1. The Balaban J connectivity index is 2.04. The molecule has 0 saturated heterocycles. The fraction of sp³-hybridized carbons (Fsp3) is 0.727. The lowest BCUT2D eigenvalue weighted by Crippen LogP contribution is -2.22. The summed E-state index contributed by atoms with van der Waals surface area (Å²) in [5.74, 6) is 0.636. The Morgan fingerprint density at radius 3 is 2.85 bits per heavy atom. The van der Waals surface area contributed by atoms with Gasteiger partial charge >= 0.3 is 0 Å². The van der Waals surface area contributed by atoms with Crippen molar-refractivity contribution < 1.29 is 9.53 Å². The Morgan fingerprint density at radius 1 is 1.23 bits per heavy atom. The Kier molecular flexibility index (Phi) is 2.67. The van der Waals surface area contributed by atoms with Gasteiger partial charge in [0.1, 0.15) is 5.78 Å². The first-order valence-corrected chi connectivity index (χ1v) is 5.21. The first-order chi connectivity index (χ1) is 6.38. The highest BCUT2D eigenvalue weighted by atomic mass is 16.5. The summed E-state index contributed by atoms with van der Waals surface area (Å²) in [6.45, 7) is 0.824. The number of hydrogen-bond donors (Lipinski definition) is 0. The van der Waals surface area contributed by atoms with Gasteiger partial charge in [0.25, 0.3) is 0 Å². The fourth-order valence-corrected chi connectivity index (χ4v) is 2.22. The van der Waals surface area contributed by atoms with Crippen LogP contribution < -0.4 is 0 Å². The zero-order chi connectivity index (χ0) is 9.10. The third-order valence-corrected chi connectivity index (χ3v) is 2.96. The second-order valence-electron chi connectivity index (χ2n) is 3.93. The highest BCUT2D eigenvalue weighted by Gasteiger charge is 2.26. The second-order valence-corrected chi connectivity index (χ2v) is 3.93. The maximum atomic E-state index is 11.6. The Morgan fingerprint density at radius 2 is 2.15 bits per heavy atom. The topological polar surface area (TPSA) is 26.3 Å². The molecule has 1 aliphatic heterocycles. The van der Waals surface area contributed by atoms with Crippen LogP contribution in [0.15, 0.2) is 11.8 Å². The van der Waals surface area contributed by atoms with Crippen LogP contribution in [0.4, 0.5) is 0 Å². The van der Waals surface area contributed by atoms with E-state index in [4.69, 9.17) is 4.74 Å². The van der Waals surface area contributed by atoms with Gasteiger partial charge in [0, 0.05) is 12.3 Å². The largest absolute Gasteiger partial charge is 0.501 e. The molecule has 72 valence electrons. The molecular formula is C11H16O2. The van der Waals surface area contributed by atoms with Crippen LogP contribution in [0.1, 0.15) is 38.5 Å². The molecule has 2 heteroatoms. The van der Waals surface area contributed by atoms with Crippen molar-refractivity contribution in [3.8, 4) is 0 Å². The number of ether oxygens (including phenoxy) is 1. The predicted octanol–water partition coefficient (Wildman–Crippen LogP) is 2.44. The van der Waals surface area contributed by atoms with E-state index in [1.807, 2.05) is 6.26 Å². The fourth-order valence-electron chi connectivity index (χ4n) is 2.22. The smallest absolute Gasteiger partial charge is 0.140 e. The molecule has 13 heavy (non-hydrogen) atoms. The third-order valence-electron chi connectivity index (χ3n) is 2.96. The van der Waals surface area contributed by atoms with Gasteiger partial charge in [0.15, 0.2) is 0 Å². The van der Waals surface area contributed by atoms with E-state index in [0.717, 1.165) is 38.7 Å². The first kappa shape index (κ1) is 8.79. The number of carbonyl (C=O) groups excluding carboxylic acids is 1. The molecule has 0 aromatic heterocycles. The van der Waals surface area contributed by atoms with E-state index in [2.05, 4.69) is 0 Å². The molecule has 2 rings (SSSR count). The van der Waals surface area contributed by atoms with Crippen LogP contribution in [0.25, 0.3) is 0 Å².